The van der Waals surface area contributed by atoms with Crippen molar-refractivity contribution in [2.75, 3.05) is 20.2 Å². The predicted molar refractivity (Wildman–Crippen MR) is 58.4 cm³/mol. The van der Waals surface area contributed by atoms with Crippen LogP contribution in [0.4, 0.5) is 0 Å². The van der Waals surface area contributed by atoms with Crippen molar-refractivity contribution < 1.29 is 4.74 Å². The molecule has 0 amide bonds. The quantitative estimate of drug-likeness (QED) is 0.673. The van der Waals surface area contributed by atoms with Crippen LogP contribution in [-0.4, -0.2) is 37.2 Å². The molecule has 1 heterocycles. The van der Waals surface area contributed by atoms with Crippen LogP contribution in [0.3, 0.4) is 0 Å². The number of piperidine rings is 1. The topological polar surface area (TPSA) is 12.5 Å². The lowest BCUT2D eigenvalue weighted by atomic mass is 9.80. The van der Waals surface area contributed by atoms with Gasteiger partial charge in [0.2, 0.25) is 0 Å². The van der Waals surface area contributed by atoms with Gasteiger partial charge >= 0.3 is 0 Å². The third-order valence-electron chi connectivity index (χ3n) is 3.85. The summed E-state index contributed by atoms with van der Waals surface area (Å²) in [6.07, 6.45) is 5.83. The Morgan fingerprint density at radius 2 is 2.00 bits per heavy atom. The Bertz CT molecular complexity index is 196. The molecule has 1 aliphatic heterocycles. The summed E-state index contributed by atoms with van der Waals surface area (Å²) in [6, 6.07) is 0.819. The second-order valence-corrected chi connectivity index (χ2v) is 5.72. The number of ether oxygens (including phenoxy) is 1. The first-order chi connectivity index (χ1) is 6.61. The molecule has 1 aliphatic carbocycles. The van der Waals surface area contributed by atoms with E-state index >= 15 is 0 Å². The minimum atomic E-state index is 0.538. The smallest absolute Gasteiger partial charge is 0.0601 e. The number of methoxy groups -OCH3 is 1. The molecule has 0 atom stereocenters. The molecule has 2 fully saturated rings. The molecule has 0 unspecified atom stereocenters. The number of hydrogen-bond acceptors (Lipinski definition) is 2. The first kappa shape index (κ1) is 10.4. The van der Waals surface area contributed by atoms with Gasteiger partial charge in [0.1, 0.15) is 0 Å². The van der Waals surface area contributed by atoms with Gasteiger partial charge in [0.15, 0.2) is 0 Å². The molecular weight excluding hydrogens is 174 g/mol. The SMILES string of the molecule is CO[C@H]1C[C@H](N2CCCC(C)(C)C2)C1. The molecule has 14 heavy (non-hydrogen) atoms. The van der Waals surface area contributed by atoms with Crippen molar-refractivity contribution in [1.82, 2.24) is 4.90 Å². The maximum atomic E-state index is 5.33. The van der Waals surface area contributed by atoms with Gasteiger partial charge in [-0.3, -0.25) is 4.90 Å². The van der Waals surface area contributed by atoms with Crippen molar-refractivity contribution in [2.24, 2.45) is 5.41 Å². The standard InChI is InChI=1S/C12H23NO/c1-12(2)5-4-6-13(9-12)10-7-11(8-10)14-3/h10-11H,4-9H2,1-3H3/t10-,11-. The van der Waals surface area contributed by atoms with E-state index in [2.05, 4.69) is 18.7 Å². The minimum Gasteiger partial charge on any atom is -0.381 e. The van der Waals surface area contributed by atoms with Crippen LogP contribution >= 0.6 is 0 Å². The summed E-state index contributed by atoms with van der Waals surface area (Å²) >= 11 is 0. The normalized spacial score (nSPS) is 37.9. The Morgan fingerprint density at radius 1 is 1.29 bits per heavy atom. The van der Waals surface area contributed by atoms with Gasteiger partial charge in [-0.15, -0.1) is 0 Å². The molecule has 0 radical (unpaired) electrons. The molecule has 0 aromatic carbocycles. The molecule has 0 bridgehead atoms. The van der Waals surface area contributed by atoms with E-state index in [1.165, 1.54) is 38.8 Å². The molecule has 1 saturated carbocycles. The maximum absolute atomic E-state index is 5.33. The summed E-state index contributed by atoms with van der Waals surface area (Å²) in [5.41, 5.74) is 0.538. The lowest BCUT2D eigenvalue weighted by Gasteiger charge is -2.48. The summed E-state index contributed by atoms with van der Waals surface area (Å²) in [7, 11) is 1.83. The van der Waals surface area contributed by atoms with Gasteiger partial charge in [-0.1, -0.05) is 13.8 Å². The highest BCUT2D eigenvalue weighted by Crippen LogP contribution is 2.35. The zero-order chi connectivity index (χ0) is 10.2. The van der Waals surface area contributed by atoms with E-state index in [4.69, 9.17) is 4.74 Å². The summed E-state index contributed by atoms with van der Waals surface area (Å²) < 4.78 is 5.33. The summed E-state index contributed by atoms with van der Waals surface area (Å²) in [5, 5.41) is 0. The van der Waals surface area contributed by atoms with Crippen LogP contribution in [0.5, 0.6) is 0 Å². The fraction of sp³-hybridized carbons (Fsp3) is 1.00. The largest absolute Gasteiger partial charge is 0.381 e. The molecule has 2 aliphatic rings. The Labute approximate surface area is 87.6 Å². The second-order valence-electron chi connectivity index (χ2n) is 5.72. The van der Waals surface area contributed by atoms with Crippen LogP contribution in [0, 0.1) is 5.41 Å². The van der Waals surface area contributed by atoms with Crippen LogP contribution in [0.25, 0.3) is 0 Å². The lowest BCUT2D eigenvalue weighted by Crippen LogP contribution is -2.53. The first-order valence-electron chi connectivity index (χ1n) is 5.87. The molecule has 0 aromatic heterocycles. The maximum Gasteiger partial charge on any atom is 0.0601 e. The molecule has 1 saturated heterocycles. The minimum absolute atomic E-state index is 0.538. The Balaban J connectivity index is 1.82. The molecule has 2 nitrogen and oxygen atoms in total. The molecule has 0 N–H and O–H groups in total. The first-order valence-corrected chi connectivity index (χ1v) is 5.87. The third-order valence-corrected chi connectivity index (χ3v) is 3.85. The molecule has 82 valence electrons. The zero-order valence-corrected chi connectivity index (χ0v) is 9.75. The Hall–Kier alpha value is -0.0800. The van der Waals surface area contributed by atoms with Crippen LogP contribution in [0.1, 0.15) is 39.5 Å². The van der Waals surface area contributed by atoms with Crippen LogP contribution in [0.15, 0.2) is 0 Å². The van der Waals surface area contributed by atoms with Gasteiger partial charge in [0, 0.05) is 19.7 Å². The highest BCUT2D eigenvalue weighted by Gasteiger charge is 2.37. The van der Waals surface area contributed by atoms with Crippen LogP contribution in [-0.2, 0) is 4.74 Å². The van der Waals surface area contributed by atoms with Crippen molar-refractivity contribution >= 4 is 0 Å². The van der Waals surface area contributed by atoms with Gasteiger partial charge in [0.25, 0.3) is 0 Å². The zero-order valence-electron chi connectivity index (χ0n) is 9.75. The Morgan fingerprint density at radius 3 is 2.57 bits per heavy atom. The van der Waals surface area contributed by atoms with E-state index in [9.17, 15) is 0 Å². The summed E-state index contributed by atoms with van der Waals surface area (Å²) in [4.78, 5) is 2.68. The van der Waals surface area contributed by atoms with Crippen LogP contribution < -0.4 is 0 Å². The van der Waals surface area contributed by atoms with E-state index < -0.39 is 0 Å². The molecule has 0 spiro atoms. The summed E-state index contributed by atoms with van der Waals surface area (Å²) in [5.74, 6) is 0. The third kappa shape index (κ3) is 2.12. The van der Waals surface area contributed by atoms with Gasteiger partial charge in [-0.05, 0) is 37.6 Å². The molecule has 0 aromatic rings. The van der Waals surface area contributed by atoms with Gasteiger partial charge in [-0.2, -0.15) is 0 Å². The summed E-state index contributed by atoms with van der Waals surface area (Å²) in [6.45, 7) is 7.38. The second kappa shape index (κ2) is 3.82. The fourth-order valence-corrected chi connectivity index (χ4v) is 2.81. The van der Waals surface area contributed by atoms with Crippen molar-refractivity contribution in [1.29, 1.82) is 0 Å². The average Bonchev–Trinajstić information content (AvgIpc) is 2.00. The number of hydrogen-bond donors (Lipinski definition) is 0. The lowest BCUT2D eigenvalue weighted by molar-refractivity contribution is -0.0476. The van der Waals surface area contributed by atoms with Crippen molar-refractivity contribution in [2.45, 2.75) is 51.7 Å². The van der Waals surface area contributed by atoms with Crippen molar-refractivity contribution in [3.63, 3.8) is 0 Å². The Kier molecular flexibility index (Phi) is 2.85. The van der Waals surface area contributed by atoms with Crippen molar-refractivity contribution in [3.05, 3.63) is 0 Å². The van der Waals surface area contributed by atoms with Gasteiger partial charge in [0.05, 0.1) is 6.10 Å². The van der Waals surface area contributed by atoms with Crippen molar-refractivity contribution in [3.8, 4) is 0 Å². The van der Waals surface area contributed by atoms with Crippen LogP contribution in [0.2, 0.25) is 0 Å². The average molecular weight is 197 g/mol. The molecule has 2 rings (SSSR count). The fourth-order valence-electron chi connectivity index (χ4n) is 2.81. The van der Waals surface area contributed by atoms with Gasteiger partial charge < -0.3 is 4.74 Å². The number of nitrogens with zero attached hydrogens (tertiary/aromatic N) is 1. The molecular formula is C12H23NO. The number of rotatable bonds is 2. The highest BCUT2D eigenvalue weighted by molar-refractivity contribution is 4.92. The monoisotopic (exact) mass is 197 g/mol. The van der Waals surface area contributed by atoms with E-state index in [0.717, 1.165) is 6.04 Å². The predicted octanol–water partition coefficient (Wildman–Crippen LogP) is 2.29. The van der Waals surface area contributed by atoms with E-state index in [-0.39, 0.29) is 0 Å². The van der Waals surface area contributed by atoms with Gasteiger partial charge in [-0.25, -0.2) is 0 Å². The van der Waals surface area contributed by atoms with E-state index in [0.29, 0.717) is 11.5 Å². The number of likely N-dealkylation sites (tertiary alicyclic amines) is 1. The van der Waals surface area contributed by atoms with E-state index in [1.807, 2.05) is 7.11 Å². The highest BCUT2D eigenvalue weighted by atomic mass is 16.5. The van der Waals surface area contributed by atoms with E-state index in [1.54, 1.807) is 0 Å². The molecule has 2 heteroatoms.